The number of rotatable bonds is 7. The predicted molar refractivity (Wildman–Crippen MR) is 113 cm³/mol. The molecule has 2 heterocycles. The van der Waals surface area contributed by atoms with Gasteiger partial charge in [-0.15, -0.1) is 5.10 Å². The van der Waals surface area contributed by atoms with Crippen molar-refractivity contribution in [3.63, 3.8) is 0 Å². The number of aromatic nitrogens is 5. The van der Waals surface area contributed by atoms with Crippen LogP contribution in [0.4, 0.5) is 5.95 Å². The third kappa shape index (κ3) is 4.84. The molecule has 0 aliphatic carbocycles. The number of benzene rings is 2. The molecule has 0 aliphatic heterocycles. The maximum Gasteiger partial charge on any atom is 0.278 e. The van der Waals surface area contributed by atoms with Gasteiger partial charge in [0, 0.05) is 11.2 Å². The highest BCUT2D eigenvalue weighted by atomic mass is 35.5. The molecule has 30 heavy (non-hydrogen) atoms. The zero-order valence-electron chi connectivity index (χ0n) is 16.2. The Bertz CT molecular complexity index is 1160. The molecule has 4 rings (SSSR count). The van der Waals surface area contributed by atoms with E-state index in [1.807, 2.05) is 43.3 Å². The van der Waals surface area contributed by atoms with Gasteiger partial charge in [-0.2, -0.15) is 5.10 Å². The first kappa shape index (κ1) is 19.7. The van der Waals surface area contributed by atoms with Gasteiger partial charge in [0.1, 0.15) is 12.1 Å². The maximum atomic E-state index is 12.4. The zero-order chi connectivity index (χ0) is 20.9. The molecule has 0 fully saturated rings. The molecule has 2 aromatic carbocycles. The van der Waals surface area contributed by atoms with Gasteiger partial charge in [-0.05, 0) is 42.3 Å². The number of carbonyl (C=O) groups is 1. The molecule has 0 saturated heterocycles. The van der Waals surface area contributed by atoms with Crippen molar-refractivity contribution in [1.29, 1.82) is 0 Å². The van der Waals surface area contributed by atoms with E-state index in [9.17, 15) is 4.79 Å². The molecule has 1 N–H and O–H groups in total. The van der Waals surface area contributed by atoms with E-state index in [-0.39, 0.29) is 18.4 Å². The van der Waals surface area contributed by atoms with Gasteiger partial charge in [0.15, 0.2) is 12.4 Å². The Labute approximate surface area is 178 Å². The quantitative estimate of drug-likeness (QED) is 0.490. The number of hydrogen-bond acceptors (Lipinski definition) is 5. The van der Waals surface area contributed by atoms with Crippen LogP contribution in [0.1, 0.15) is 21.6 Å². The molecule has 8 nitrogen and oxygen atoms in total. The number of carbonyl (C=O) groups excluding carboxylic acids is 1. The van der Waals surface area contributed by atoms with Gasteiger partial charge in [0.2, 0.25) is 5.95 Å². The fraction of sp³-hybridized carbons (Fsp3) is 0.143. The minimum Gasteiger partial charge on any atom is -0.471 e. The molecule has 4 aromatic rings. The second kappa shape index (κ2) is 8.79. The van der Waals surface area contributed by atoms with E-state index in [0.717, 1.165) is 11.1 Å². The van der Waals surface area contributed by atoms with Gasteiger partial charge < -0.3 is 4.74 Å². The summed E-state index contributed by atoms with van der Waals surface area (Å²) in [7, 11) is 0. The van der Waals surface area contributed by atoms with E-state index in [1.54, 1.807) is 35.4 Å². The van der Waals surface area contributed by atoms with Crippen LogP contribution >= 0.6 is 11.6 Å². The minimum absolute atomic E-state index is 0.165. The largest absolute Gasteiger partial charge is 0.471 e. The van der Waals surface area contributed by atoms with Crippen molar-refractivity contribution in [2.24, 2.45) is 0 Å². The SMILES string of the molecule is Cc1cc(OCn2ccc(C(=O)Nc3ncn(Cc4ccccc4)n3)n2)ccc1Cl. The predicted octanol–water partition coefficient (Wildman–Crippen LogP) is 3.77. The molecule has 0 spiro atoms. The number of nitrogens with zero attached hydrogens (tertiary/aromatic N) is 5. The minimum atomic E-state index is -0.395. The maximum absolute atomic E-state index is 12.4. The lowest BCUT2D eigenvalue weighted by Crippen LogP contribution is -2.15. The number of hydrogen-bond donors (Lipinski definition) is 1. The molecule has 0 aliphatic rings. The molecule has 2 aromatic heterocycles. The number of ether oxygens (including phenoxy) is 1. The summed E-state index contributed by atoms with van der Waals surface area (Å²) in [6, 6.07) is 16.9. The first-order valence-corrected chi connectivity index (χ1v) is 9.62. The Morgan fingerprint density at radius 3 is 2.73 bits per heavy atom. The lowest BCUT2D eigenvalue weighted by Gasteiger charge is -2.07. The molecule has 152 valence electrons. The van der Waals surface area contributed by atoms with Gasteiger partial charge in [0.25, 0.3) is 5.91 Å². The molecule has 9 heteroatoms. The van der Waals surface area contributed by atoms with E-state index < -0.39 is 5.91 Å². The van der Waals surface area contributed by atoms with Crippen molar-refractivity contribution < 1.29 is 9.53 Å². The molecular formula is C21H19ClN6O2. The third-order valence-corrected chi connectivity index (χ3v) is 4.74. The molecule has 1 amide bonds. The van der Waals surface area contributed by atoms with Crippen molar-refractivity contribution >= 4 is 23.5 Å². The first-order chi connectivity index (χ1) is 14.6. The number of aryl methyl sites for hydroxylation is 1. The summed E-state index contributed by atoms with van der Waals surface area (Å²) >= 11 is 6.02. The molecule has 0 radical (unpaired) electrons. The molecular weight excluding hydrogens is 404 g/mol. The van der Waals surface area contributed by atoms with E-state index >= 15 is 0 Å². The summed E-state index contributed by atoms with van der Waals surface area (Å²) in [5, 5.41) is 11.8. The number of nitrogens with one attached hydrogen (secondary N) is 1. The van der Waals surface area contributed by atoms with Crippen LogP contribution < -0.4 is 10.1 Å². The standard InChI is InChI=1S/C21H19ClN6O2/c1-15-11-17(7-8-18(15)22)30-14-27-10-9-19(25-27)20(29)24-21-23-13-28(26-21)12-16-5-3-2-4-6-16/h2-11,13H,12,14H2,1H3,(H,24,26,29). The van der Waals surface area contributed by atoms with Crippen molar-refractivity contribution in [3.05, 3.63) is 89.0 Å². The highest BCUT2D eigenvalue weighted by Crippen LogP contribution is 2.21. The fourth-order valence-electron chi connectivity index (χ4n) is 2.77. The van der Waals surface area contributed by atoms with Crippen LogP contribution in [0.15, 0.2) is 67.1 Å². The van der Waals surface area contributed by atoms with Gasteiger partial charge in [0.05, 0.1) is 6.54 Å². The van der Waals surface area contributed by atoms with Gasteiger partial charge >= 0.3 is 0 Å². The average molecular weight is 423 g/mol. The number of amides is 1. The van der Waals surface area contributed by atoms with Crippen molar-refractivity contribution in [1.82, 2.24) is 24.5 Å². The lowest BCUT2D eigenvalue weighted by molar-refractivity contribution is 0.101. The Morgan fingerprint density at radius 2 is 1.93 bits per heavy atom. The van der Waals surface area contributed by atoms with Crippen LogP contribution in [0.5, 0.6) is 5.75 Å². The van der Waals surface area contributed by atoms with Crippen molar-refractivity contribution in [2.45, 2.75) is 20.2 Å². The molecule has 0 unspecified atom stereocenters. The molecule has 0 bridgehead atoms. The fourth-order valence-corrected chi connectivity index (χ4v) is 2.88. The van der Waals surface area contributed by atoms with Crippen LogP contribution in [0.3, 0.4) is 0 Å². The average Bonchev–Trinajstić information content (AvgIpc) is 3.39. The van der Waals surface area contributed by atoms with Crippen LogP contribution in [-0.2, 0) is 13.3 Å². The van der Waals surface area contributed by atoms with Crippen LogP contribution in [0.2, 0.25) is 5.02 Å². The monoisotopic (exact) mass is 422 g/mol. The summed E-state index contributed by atoms with van der Waals surface area (Å²) in [5.41, 5.74) is 2.26. The molecule has 0 saturated carbocycles. The topological polar surface area (TPSA) is 86.9 Å². The van der Waals surface area contributed by atoms with Crippen LogP contribution in [-0.4, -0.2) is 30.5 Å². The van der Waals surface area contributed by atoms with E-state index in [4.69, 9.17) is 16.3 Å². The van der Waals surface area contributed by atoms with E-state index in [0.29, 0.717) is 17.3 Å². The van der Waals surface area contributed by atoms with Crippen LogP contribution in [0.25, 0.3) is 0 Å². The second-order valence-corrected chi connectivity index (χ2v) is 7.04. The smallest absolute Gasteiger partial charge is 0.278 e. The molecule has 0 atom stereocenters. The second-order valence-electron chi connectivity index (χ2n) is 6.63. The summed E-state index contributed by atoms with van der Waals surface area (Å²) < 4.78 is 8.87. The van der Waals surface area contributed by atoms with Crippen LogP contribution in [0, 0.1) is 6.92 Å². The lowest BCUT2D eigenvalue weighted by atomic mass is 10.2. The Balaban J connectivity index is 1.33. The Hall–Kier alpha value is -3.65. The van der Waals surface area contributed by atoms with Crippen molar-refractivity contribution in [2.75, 3.05) is 5.32 Å². The number of anilines is 1. The summed E-state index contributed by atoms with van der Waals surface area (Å²) in [4.78, 5) is 16.5. The van der Waals surface area contributed by atoms with E-state index in [2.05, 4.69) is 20.5 Å². The van der Waals surface area contributed by atoms with E-state index in [1.165, 1.54) is 4.68 Å². The summed E-state index contributed by atoms with van der Waals surface area (Å²) in [5.74, 6) is 0.499. The third-order valence-electron chi connectivity index (χ3n) is 4.32. The Morgan fingerprint density at radius 1 is 1.10 bits per heavy atom. The number of halogens is 1. The van der Waals surface area contributed by atoms with Gasteiger partial charge in [-0.3, -0.25) is 10.1 Å². The normalized spacial score (nSPS) is 10.7. The summed E-state index contributed by atoms with van der Waals surface area (Å²) in [6.07, 6.45) is 3.24. The van der Waals surface area contributed by atoms with Gasteiger partial charge in [-0.1, -0.05) is 41.9 Å². The first-order valence-electron chi connectivity index (χ1n) is 9.24. The highest BCUT2D eigenvalue weighted by molar-refractivity contribution is 6.31. The summed E-state index contributed by atoms with van der Waals surface area (Å²) in [6.45, 7) is 2.64. The zero-order valence-corrected chi connectivity index (χ0v) is 17.0. The highest BCUT2D eigenvalue weighted by Gasteiger charge is 2.13. The van der Waals surface area contributed by atoms with Gasteiger partial charge in [-0.25, -0.2) is 14.3 Å². The van der Waals surface area contributed by atoms with Crippen molar-refractivity contribution in [3.8, 4) is 5.75 Å². The Kier molecular flexibility index (Phi) is 5.76.